The van der Waals surface area contributed by atoms with Gasteiger partial charge in [0.1, 0.15) is 0 Å². The minimum atomic E-state index is 0.608. The van der Waals surface area contributed by atoms with Crippen LogP contribution in [0.25, 0.3) is 0 Å². The second-order valence-electron chi connectivity index (χ2n) is 7.09. The van der Waals surface area contributed by atoms with Crippen molar-refractivity contribution >= 4 is 5.96 Å². The van der Waals surface area contributed by atoms with E-state index in [0.29, 0.717) is 12.1 Å². The third kappa shape index (κ3) is 4.12. The van der Waals surface area contributed by atoms with Crippen LogP contribution in [0.4, 0.5) is 0 Å². The molecule has 4 heteroatoms. The average Bonchev–Trinajstić information content (AvgIpc) is 2.51. The van der Waals surface area contributed by atoms with Crippen molar-refractivity contribution in [1.82, 2.24) is 15.5 Å². The molecule has 0 amide bonds. The lowest BCUT2D eigenvalue weighted by molar-refractivity contribution is 0.119. The second-order valence-corrected chi connectivity index (χ2v) is 7.09. The van der Waals surface area contributed by atoms with Crippen molar-refractivity contribution in [1.29, 1.82) is 0 Å². The van der Waals surface area contributed by atoms with E-state index in [1.807, 2.05) is 7.05 Å². The fourth-order valence-corrected chi connectivity index (χ4v) is 3.97. The van der Waals surface area contributed by atoms with Gasteiger partial charge in [-0.05, 0) is 44.9 Å². The summed E-state index contributed by atoms with van der Waals surface area (Å²) in [6.45, 7) is 2.53. The van der Waals surface area contributed by atoms with Crippen LogP contribution in [0.1, 0.15) is 64.2 Å². The third-order valence-corrected chi connectivity index (χ3v) is 5.63. The summed E-state index contributed by atoms with van der Waals surface area (Å²) >= 11 is 0. The number of nitrogens with zero attached hydrogens (tertiary/aromatic N) is 2. The van der Waals surface area contributed by atoms with Gasteiger partial charge in [0.25, 0.3) is 0 Å². The van der Waals surface area contributed by atoms with Gasteiger partial charge in [-0.25, -0.2) is 0 Å². The Morgan fingerprint density at radius 1 is 0.810 bits per heavy atom. The molecule has 0 radical (unpaired) electrons. The first-order valence-electron chi connectivity index (χ1n) is 9.09. The monoisotopic (exact) mass is 292 g/mol. The fourth-order valence-electron chi connectivity index (χ4n) is 3.97. The Morgan fingerprint density at radius 2 is 1.43 bits per heavy atom. The number of hydrogen-bond donors (Lipinski definition) is 2. The van der Waals surface area contributed by atoms with Gasteiger partial charge in [0, 0.05) is 38.3 Å². The Balaban J connectivity index is 1.40. The Bertz CT molecular complexity index is 337. The predicted molar refractivity (Wildman–Crippen MR) is 88.7 cm³/mol. The summed E-state index contributed by atoms with van der Waals surface area (Å²) in [4.78, 5) is 7.14. The Morgan fingerprint density at radius 3 is 1.95 bits per heavy atom. The molecule has 0 aromatic heterocycles. The lowest BCUT2D eigenvalue weighted by Crippen LogP contribution is -2.53. The Kier molecular flexibility index (Phi) is 5.39. The van der Waals surface area contributed by atoms with Crippen molar-refractivity contribution in [3.05, 3.63) is 0 Å². The van der Waals surface area contributed by atoms with Crippen LogP contribution in [0.5, 0.6) is 0 Å². The quantitative estimate of drug-likeness (QED) is 0.620. The minimum Gasteiger partial charge on any atom is -0.354 e. The molecule has 3 aliphatic rings. The number of aliphatic imine (C=N–C) groups is 1. The van der Waals surface area contributed by atoms with Gasteiger partial charge in [0.2, 0.25) is 0 Å². The van der Waals surface area contributed by atoms with Gasteiger partial charge < -0.3 is 15.5 Å². The van der Waals surface area contributed by atoms with Crippen LogP contribution in [0.15, 0.2) is 4.99 Å². The van der Waals surface area contributed by atoms with Gasteiger partial charge in [0.05, 0.1) is 0 Å². The molecule has 120 valence electrons. The number of piperidine rings is 1. The van der Waals surface area contributed by atoms with E-state index in [1.54, 1.807) is 0 Å². The van der Waals surface area contributed by atoms with Gasteiger partial charge in [0.15, 0.2) is 5.96 Å². The first-order valence-corrected chi connectivity index (χ1v) is 9.09. The van der Waals surface area contributed by atoms with Crippen LogP contribution in [0.2, 0.25) is 0 Å². The van der Waals surface area contributed by atoms with Crippen molar-refractivity contribution < 1.29 is 0 Å². The van der Waals surface area contributed by atoms with Crippen LogP contribution < -0.4 is 10.6 Å². The maximum absolute atomic E-state index is 4.39. The van der Waals surface area contributed by atoms with Crippen molar-refractivity contribution in [2.24, 2.45) is 4.99 Å². The molecule has 2 N–H and O–H groups in total. The second kappa shape index (κ2) is 7.48. The van der Waals surface area contributed by atoms with E-state index in [1.165, 1.54) is 77.3 Å². The molecule has 0 aromatic rings. The van der Waals surface area contributed by atoms with Crippen LogP contribution in [0, 0.1) is 0 Å². The summed E-state index contributed by atoms with van der Waals surface area (Å²) in [5.74, 6) is 1.02. The number of nitrogens with one attached hydrogen (secondary N) is 2. The summed E-state index contributed by atoms with van der Waals surface area (Å²) in [6.07, 6.45) is 13.7. The lowest BCUT2D eigenvalue weighted by atomic mass is 9.92. The van der Waals surface area contributed by atoms with Crippen LogP contribution in [0.3, 0.4) is 0 Å². The first-order chi connectivity index (χ1) is 10.3. The molecule has 2 saturated carbocycles. The number of guanidine groups is 1. The van der Waals surface area contributed by atoms with E-state index in [4.69, 9.17) is 0 Å². The molecule has 0 aromatic carbocycles. The van der Waals surface area contributed by atoms with Gasteiger partial charge in [-0.2, -0.15) is 0 Å². The number of hydrogen-bond acceptors (Lipinski definition) is 2. The molecule has 0 atom stereocenters. The largest absolute Gasteiger partial charge is 0.354 e. The highest BCUT2D eigenvalue weighted by Crippen LogP contribution is 2.25. The minimum absolute atomic E-state index is 0.608. The summed E-state index contributed by atoms with van der Waals surface area (Å²) in [6, 6.07) is 2.15. The third-order valence-electron chi connectivity index (χ3n) is 5.63. The van der Waals surface area contributed by atoms with E-state index in [9.17, 15) is 0 Å². The van der Waals surface area contributed by atoms with E-state index < -0.39 is 0 Å². The van der Waals surface area contributed by atoms with E-state index in [2.05, 4.69) is 20.5 Å². The van der Waals surface area contributed by atoms with Crippen molar-refractivity contribution in [2.75, 3.05) is 20.1 Å². The van der Waals surface area contributed by atoms with Crippen LogP contribution in [-0.2, 0) is 0 Å². The Labute approximate surface area is 129 Å². The van der Waals surface area contributed by atoms with Crippen molar-refractivity contribution in [3.63, 3.8) is 0 Å². The molecule has 0 spiro atoms. The average molecular weight is 292 g/mol. The standard InChI is InChI=1S/C17H32N4/c1-18-17(19-14-6-5-7-14)20-15-10-12-21(13-11-15)16-8-3-2-4-9-16/h14-16H,2-13H2,1H3,(H2,18,19,20). The van der Waals surface area contributed by atoms with Crippen molar-refractivity contribution in [3.8, 4) is 0 Å². The molecule has 21 heavy (non-hydrogen) atoms. The molecule has 1 heterocycles. The summed E-state index contributed by atoms with van der Waals surface area (Å²) in [7, 11) is 1.89. The van der Waals surface area contributed by atoms with E-state index in [0.717, 1.165) is 12.0 Å². The molecule has 1 saturated heterocycles. The summed E-state index contributed by atoms with van der Waals surface area (Å²) in [5.41, 5.74) is 0. The SMILES string of the molecule is CN=C(NC1CCC1)NC1CCN(C2CCCCC2)CC1. The van der Waals surface area contributed by atoms with Crippen LogP contribution >= 0.6 is 0 Å². The maximum atomic E-state index is 4.39. The highest BCUT2D eigenvalue weighted by Gasteiger charge is 2.27. The van der Waals surface area contributed by atoms with Gasteiger partial charge in [-0.15, -0.1) is 0 Å². The maximum Gasteiger partial charge on any atom is 0.191 e. The van der Waals surface area contributed by atoms with Crippen LogP contribution in [-0.4, -0.2) is 49.1 Å². The van der Waals surface area contributed by atoms with Gasteiger partial charge >= 0.3 is 0 Å². The Hall–Kier alpha value is -0.770. The zero-order chi connectivity index (χ0) is 14.5. The molecule has 0 bridgehead atoms. The zero-order valence-corrected chi connectivity index (χ0v) is 13.6. The fraction of sp³-hybridized carbons (Fsp3) is 0.941. The number of rotatable bonds is 3. The van der Waals surface area contributed by atoms with Gasteiger partial charge in [-0.3, -0.25) is 4.99 Å². The summed E-state index contributed by atoms with van der Waals surface area (Å²) < 4.78 is 0. The first kappa shape index (κ1) is 15.1. The molecule has 2 aliphatic carbocycles. The summed E-state index contributed by atoms with van der Waals surface area (Å²) in [5, 5.41) is 7.19. The number of likely N-dealkylation sites (tertiary alicyclic amines) is 1. The highest BCUT2D eigenvalue weighted by molar-refractivity contribution is 5.80. The van der Waals surface area contributed by atoms with E-state index in [-0.39, 0.29) is 0 Å². The predicted octanol–water partition coefficient (Wildman–Crippen LogP) is 2.50. The topological polar surface area (TPSA) is 39.7 Å². The highest BCUT2D eigenvalue weighted by atomic mass is 15.2. The molecular formula is C17H32N4. The molecule has 0 unspecified atom stereocenters. The normalized spacial score (nSPS) is 27.4. The molecule has 3 rings (SSSR count). The molecule has 3 fully saturated rings. The van der Waals surface area contributed by atoms with Gasteiger partial charge in [-0.1, -0.05) is 19.3 Å². The van der Waals surface area contributed by atoms with E-state index >= 15 is 0 Å². The lowest BCUT2D eigenvalue weighted by Gasteiger charge is -2.40. The van der Waals surface area contributed by atoms with Crippen molar-refractivity contribution in [2.45, 2.75) is 82.3 Å². The molecule has 4 nitrogen and oxygen atoms in total. The molecular weight excluding hydrogens is 260 g/mol. The smallest absolute Gasteiger partial charge is 0.191 e. The zero-order valence-electron chi connectivity index (χ0n) is 13.6. The molecule has 1 aliphatic heterocycles.